The van der Waals surface area contributed by atoms with Crippen LogP contribution in [0, 0.1) is 11.8 Å². The molecule has 248 valence electrons. The van der Waals surface area contributed by atoms with Gasteiger partial charge in [0, 0.05) is 37.2 Å². The number of nitrogens with zero attached hydrogens (tertiary/aromatic N) is 3. The van der Waals surface area contributed by atoms with Crippen LogP contribution in [-0.2, 0) is 30.3 Å². The van der Waals surface area contributed by atoms with E-state index in [0.29, 0.717) is 38.6 Å². The Labute approximate surface area is 265 Å². The van der Waals surface area contributed by atoms with E-state index in [2.05, 4.69) is 21.0 Å². The molecule has 2 heterocycles. The van der Waals surface area contributed by atoms with Crippen LogP contribution in [0.5, 0.6) is 0 Å². The summed E-state index contributed by atoms with van der Waals surface area (Å²) < 4.78 is 5.43. The maximum atomic E-state index is 13.9. The van der Waals surface area contributed by atoms with Crippen molar-refractivity contribution in [1.29, 1.82) is 0 Å². The molecule has 1 saturated heterocycles. The minimum atomic E-state index is -0.749. The molecular formula is C30H51N7O6S. The number of nitrogens with one attached hydrogen (secondary N) is 3. The van der Waals surface area contributed by atoms with Gasteiger partial charge in [-0.3, -0.25) is 34.3 Å². The number of hydrogen-bond donors (Lipinski definition) is 4. The molecule has 5 N–H and O–H groups in total. The van der Waals surface area contributed by atoms with Crippen molar-refractivity contribution in [3.05, 3.63) is 16.1 Å². The largest absolute Gasteiger partial charge is 0.444 e. The molecule has 4 amide bonds. The molecule has 0 spiro atoms. The summed E-state index contributed by atoms with van der Waals surface area (Å²) in [4.78, 5) is 71.3. The van der Waals surface area contributed by atoms with Crippen LogP contribution < -0.4 is 21.9 Å². The number of likely N-dealkylation sites (N-methyl/N-ethyl adjacent to an activating group) is 1. The van der Waals surface area contributed by atoms with Gasteiger partial charge >= 0.3 is 5.97 Å². The van der Waals surface area contributed by atoms with Gasteiger partial charge in [0.05, 0.1) is 11.0 Å². The van der Waals surface area contributed by atoms with Crippen molar-refractivity contribution in [1.82, 2.24) is 30.8 Å². The Morgan fingerprint density at radius 1 is 1.20 bits per heavy atom. The van der Waals surface area contributed by atoms with Crippen molar-refractivity contribution in [2.45, 2.75) is 97.6 Å². The average Bonchev–Trinajstić information content (AvgIpc) is 3.49. The van der Waals surface area contributed by atoms with Crippen molar-refractivity contribution in [2.75, 3.05) is 33.4 Å². The van der Waals surface area contributed by atoms with Crippen LogP contribution in [0.1, 0.15) is 94.6 Å². The molecule has 0 saturated carbocycles. The Morgan fingerprint density at radius 2 is 1.95 bits per heavy atom. The van der Waals surface area contributed by atoms with Gasteiger partial charge in [0.25, 0.3) is 5.91 Å². The van der Waals surface area contributed by atoms with Crippen molar-refractivity contribution in [2.24, 2.45) is 17.7 Å². The summed E-state index contributed by atoms with van der Waals surface area (Å²) in [6.45, 7) is 8.74. The number of rotatable bonds is 18. The Kier molecular flexibility index (Phi) is 16.3. The van der Waals surface area contributed by atoms with Crippen LogP contribution in [0.2, 0.25) is 0 Å². The first-order chi connectivity index (χ1) is 21.0. The zero-order valence-corrected chi connectivity index (χ0v) is 27.7. The van der Waals surface area contributed by atoms with Gasteiger partial charge in [-0.15, -0.1) is 11.3 Å². The summed E-state index contributed by atoms with van der Waals surface area (Å²) >= 11 is 1.35. The van der Waals surface area contributed by atoms with E-state index in [1.54, 1.807) is 12.3 Å². The molecule has 1 fully saturated rings. The standard InChI is InChI=1S/C30H51N7O6S/c1-6-11-25(38)43-19-37(30(42)26(20(3)7-2)34-29(41)23-12-8-9-16-36(23)5)17-10-13-24-33-22(18-44-24)28(40)32-15-14-21(4)27(39)35-31/h18,20-21,23,26H,6-17,19,31H2,1-5H3,(H,32,40)(H,34,41)(H,35,39)/t20?,21-,23+,26?/m0/s1. The number of carbonyl (C=O) groups is 5. The molecule has 0 aromatic carbocycles. The molecule has 1 aliphatic heterocycles. The van der Waals surface area contributed by atoms with E-state index in [9.17, 15) is 24.0 Å². The third-order valence-electron chi connectivity index (χ3n) is 8.05. The van der Waals surface area contributed by atoms with Crippen LogP contribution in [0.25, 0.3) is 0 Å². The quantitative estimate of drug-likeness (QED) is 0.0616. The Hall–Kier alpha value is -3.10. The third-order valence-corrected chi connectivity index (χ3v) is 8.96. The highest BCUT2D eigenvalue weighted by atomic mass is 32.1. The summed E-state index contributed by atoms with van der Waals surface area (Å²) in [5.41, 5.74) is 2.38. The highest BCUT2D eigenvalue weighted by Crippen LogP contribution is 2.18. The Balaban J connectivity index is 2.04. The normalized spacial score (nSPS) is 17.2. The maximum absolute atomic E-state index is 13.9. The number of esters is 1. The molecule has 1 aliphatic rings. The van der Waals surface area contributed by atoms with E-state index < -0.39 is 6.04 Å². The van der Waals surface area contributed by atoms with E-state index >= 15 is 0 Å². The van der Waals surface area contributed by atoms with Crippen molar-refractivity contribution in [3.63, 3.8) is 0 Å². The monoisotopic (exact) mass is 637 g/mol. The zero-order chi connectivity index (χ0) is 32.6. The van der Waals surface area contributed by atoms with Gasteiger partial charge < -0.3 is 20.3 Å². The van der Waals surface area contributed by atoms with Crippen LogP contribution in [-0.4, -0.2) is 89.9 Å². The van der Waals surface area contributed by atoms with Gasteiger partial charge in [0.1, 0.15) is 11.7 Å². The molecular weight excluding hydrogens is 586 g/mol. The first-order valence-electron chi connectivity index (χ1n) is 15.7. The van der Waals surface area contributed by atoms with E-state index in [4.69, 9.17) is 10.6 Å². The van der Waals surface area contributed by atoms with Crippen molar-refractivity contribution >= 4 is 40.9 Å². The third kappa shape index (κ3) is 11.8. The fourth-order valence-corrected chi connectivity index (χ4v) is 5.74. The fraction of sp³-hybridized carbons (Fsp3) is 0.733. The lowest BCUT2D eigenvalue weighted by Gasteiger charge is -2.35. The fourth-order valence-electron chi connectivity index (χ4n) is 4.92. The number of ether oxygens (including phenoxy) is 1. The molecule has 0 aliphatic carbocycles. The number of hydrazine groups is 1. The number of amides is 4. The number of aryl methyl sites for hydroxylation is 1. The molecule has 13 nitrogen and oxygen atoms in total. The Bertz CT molecular complexity index is 1100. The van der Waals surface area contributed by atoms with Gasteiger partial charge in [-0.25, -0.2) is 10.8 Å². The Morgan fingerprint density at radius 3 is 2.61 bits per heavy atom. The van der Waals surface area contributed by atoms with Gasteiger partial charge in [-0.1, -0.05) is 40.5 Å². The summed E-state index contributed by atoms with van der Waals surface area (Å²) in [5, 5.41) is 8.19. The lowest BCUT2D eigenvalue weighted by atomic mass is 9.96. The summed E-state index contributed by atoms with van der Waals surface area (Å²) in [5.74, 6) is 3.24. The molecule has 0 radical (unpaired) electrons. The van der Waals surface area contributed by atoms with Gasteiger partial charge in [-0.05, 0) is 51.6 Å². The number of piperidine rings is 1. The maximum Gasteiger partial charge on any atom is 0.307 e. The molecule has 4 atom stereocenters. The molecule has 1 aromatic heterocycles. The molecule has 14 heteroatoms. The minimum Gasteiger partial charge on any atom is -0.444 e. The SMILES string of the molecule is CCCC(=O)OCN(CCCc1nc(C(=O)NCC[C@H](C)C(=O)NN)cs1)C(=O)C(NC(=O)[C@H]1CCCCN1C)C(C)CC. The number of nitrogens with two attached hydrogens (primary N) is 1. The van der Waals surface area contributed by atoms with Gasteiger partial charge in [0.2, 0.25) is 17.7 Å². The lowest BCUT2D eigenvalue weighted by molar-refractivity contribution is -0.155. The predicted octanol–water partition coefficient (Wildman–Crippen LogP) is 1.97. The predicted molar refractivity (Wildman–Crippen MR) is 168 cm³/mol. The molecule has 0 bridgehead atoms. The summed E-state index contributed by atoms with van der Waals surface area (Å²) in [7, 11) is 1.93. The molecule has 2 unspecified atom stereocenters. The summed E-state index contributed by atoms with van der Waals surface area (Å²) in [6.07, 6.45) is 5.80. The second-order valence-corrected chi connectivity index (χ2v) is 12.5. The minimum absolute atomic E-state index is 0.123. The van der Waals surface area contributed by atoms with Crippen molar-refractivity contribution < 1.29 is 28.7 Å². The topological polar surface area (TPSA) is 176 Å². The van der Waals surface area contributed by atoms with Gasteiger partial charge in [0.15, 0.2) is 6.73 Å². The second-order valence-electron chi connectivity index (χ2n) is 11.5. The van der Waals surface area contributed by atoms with Crippen LogP contribution in [0.15, 0.2) is 5.38 Å². The first kappa shape index (κ1) is 37.1. The first-order valence-corrected chi connectivity index (χ1v) is 16.6. The smallest absolute Gasteiger partial charge is 0.307 e. The highest BCUT2D eigenvalue weighted by molar-refractivity contribution is 7.09. The average molecular weight is 638 g/mol. The highest BCUT2D eigenvalue weighted by Gasteiger charge is 2.34. The van der Waals surface area contributed by atoms with E-state index in [1.807, 2.05) is 32.7 Å². The lowest BCUT2D eigenvalue weighted by Crippen LogP contribution is -2.57. The number of likely N-dealkylation sites (tertiary alicyclic amines) is 1. The van der Waals surface area contributed by atoms with Gasteiger partial charge in [-0.2, -0.15) is 0 Å². The number of aromatic nitrogens is 1. The number of thiazole rings is 1. The molecule has 44 heavy (non-hydrogen) atoms. The summed E-state index contributed by atoms with van der Waals surface area (Å²) in [6, 6.07) is -1.02. The molecule has 1 aromatic rings. The van der Waals surface area contributed by atoms with E-state index in [1.165, 1.54) is 16.2 Å². The van der Waals surface area contributed by atoms with Crippen LogP contribution in [0.4, 0.5) is 0 Å². The van der Waals surface area contributed by atoms with Crippen LogP contribution >= 0.6 is 11.3 Å². The molecule has 2 rings (SSSR count). The second kappa shape index (κ2) is 19.3. The number of hydrogen-bond acceptors (Lipinski definition) is 10. The van der Waals surface area contributed by atoms with Crippen LogP contribution in [0.3, 0.4) is 0 Å². The number of carbonyl (C=O) groups excluding carboxylic acids is 5. The zero-order valence-electron chi connectivity index (χ0n) is 26.9. The van der Waals surface area contributed by atoms with E-state index in [0.717, 1.165) is 30.8 Å². The van der Waals surface area contributed by atoms with Crippen molar-refractivity contribution in [3.8, 4) is 0 Å². The van der Waals surface area contributed by atoms with E-state index in [-0.39, 0.29) is 72.9 Å².